The number of hydrogen-bond acceptors (Lipinski definition) is 2. The Balaban J connectivity index is 2.35. The molecule has 0 heterocycles. The molecular weight excluding hydrogens is 210 g/mol. The van der Waals surface area contributed by atoms with Crippen LogP contribution in [0.25, 0.3) is 0 Å². The Morgan fingerprint density at radius 3 is 2.53 bits per heavy atom. The zero-order chi connectivity index (χ0) is 12.7. The first-order chi connectivity index (χ1) is 7.90. The highest BCUT2D eigenvalue weighted by Gasteiger charge is 2.54. The average molecular weight is 233 g/mol. The first-order valence-electron chi connectivity index (χ1n) is 6.43. The van der Waals surface area contributed by atoms with Gasteiger partial charge in [0.2, 0.25) is 0 Å². The Morgan fingerprint density at radius 1 is 1.41 bits per heavy atom. The molecule has 1 aliphatic carbocycles. The number of nitrogens with two attached hydrogens (primary N) is 1. The minimum Gasteiger partial charge on any atom is -0.390 e. The van der Waals surface area contributed by atoms with Crippen LogP contribution in [-0.2, 0) is 5.41 Å². The zero-order valence-electron chi connectivity index (χ0n) is 11.0. The standard InChI is InChI=1S/C15H23NO/c1-11(10-16)12-5-4-6-13(9-12)15(7-8-15)14(2,3)17/h4-6,9,11,17H,7-8,10,16H2,1-3H3. The van der Waals surface area contributed by atoms with Crippen molar-refractivity contribution in [2.75, 3.05) is 6.54 Å². The van der Waals surface area contributed by atoms with Gasteiger partial charge in [-0.2, -0.15) is 0 Å². The molecule has 0 aromatic heterocycles. The smallest absolute Gasteiger partial charge is 0.0687 e. The quantitative estimate of drug-likeness (QED) is 0.839. The molecule has 1 atom stereocenters. The second kappa shape index (κ2) is 4.11. The molecule has 1 aliphatic rings. The normalized spacial score (nSPS) is 20.1. The molecule has 0 spiro atoms. The second-order valence-corrected chi connectivity index (χ2v) is 5.90. The Labute approximate surface area is 104 Å². The minimum absolute atomic E-state index is 0.0304. The molecular formula is C15H23NO. The summed E-state index contributed by atoms with van der Waals surface area (Å²) in [4.78, 5) is 0. The van der Waals surface area contributed by atoms with Gasteiger partial charge in [0, 0.05) is 5.41 Å². The fourth-order valence-electron chi connectivity index (χ4n) is 2.66. The molecule has 2 heteroatoms. The highest BCUT2D eigenvalue weighted by atomic mass is 16.3. The molecule has 0 bridgehead atoms. The van der Waals surface area contributed by atoms with E-state index in [4.69, 9.17) is 5.73 Å². The maximum absolute atomic E-state index is 10.3. The van der Waals surface area contributed by atoms with Gasteiger partial charge in [0.15, 0.2) is 0 Å². The van der Waals surface area contributed by atoms with Crippen LogP contribution in [-0.4, -0.2) is 17.3 Å². The lowest BCUT2D eigenvalue weighted by atomic mass is 9.80. The van der Waals surface area contributed by atoms with Crippen LogP contribution in [0.15, 0.2) is 24.3 Å². The van der Waals surface area contributed by atoms with Crippen molar-refractivity contribution in [3.05, 3.63) is 35.4 Å². The summed E-state index contributed by atoms with van der Waals surface area (Å²) in [5, 5.41) is 10.3. The van der Waals surface area contributed by atoms with E-state index in [9.17, 15) is 5.11 Å². The molecule has 1 unspecified atom stereocenters. The van der Waals surface area contributed by atoms with E-state index in [0.717, 1.165) is 12.8 Å². The van der Waals surface area contributed by atoms with Crippen molar-refractivity contribution < 1.29 is 5.11 Å². The van der Waals surface area contributed by atoms with E-state index >= 15 is 0 Å². The van der Waals surface area contributed by atoms with Crippen molar-refractivity contribution in [2.45, 2.75) is 50.5 Å². The maximum Gasteiger partial charge on any atom is 0.0687 e. The average Bonchev–Trinajstić information content (AvgIpc) is 3.08. The lowest BCUT2D eigenvalue weighted by molar-refractivity contribution is 0.0381. The number of hydrogen-bond donors (Lipinski definition) is 2. The van der Waals surface area contributed by atoms with Crippen LogP contribution in [0, 0.1) is 0 Å². The Hall–Kier alpha value is -0.860. The largest absolute Gasteiger partial charge is 0.390 e. The van der Waals surface area contributed by atoms with Gasteiger partial charge in [-0.05, 0) is 50.3 Å². The lowest BCUT2D eigenvalue weighted by Gasteiger charge is -2.30. The molecule has 1 saturated carbocycles. The number of rotatable bonds is 4. The summed E-state index contributed by atoms with van der Waals surface area (Å²) in [6.45, 7) is 6.64. The van der Waals surface area contributed by atoms with Crippen molar-refractivity contribution in [3.63, 3.8) is 0 Å². The van der Waals surface area contributed by atoms with Crippen LogP contribution >= 0.6 is 0 Å². The summed E-state index contributed by atoms with van der Waals surface area (Å²) in [6, 6.07) is 8.57. The van der Waals surface area contributed by atoms with E-state index in [1.54, 1.807) is 0 Å². The van der Waals surface area contributed by atoms with Gasteiger partial charge in [-0.15, -0.1) is 0 Å². The molecule has 0 aliphatic heterocycles. The van der Waals surface area contributed by atoms with E-state index < -0.39 is 5.60 Å². The molecule has 1 aromatic carbocycles. The molecule has 0 saturated heterocycles. The first-order valence-corrected chi connectivity index (χ1v) is 6.43. The van der Waals surface area contributed by atoms with E-state index in [0.29, 0.717) is 12.5 Å². The van der Waals surface area contributed by atoms with Crippen LogP contribution in [0.5, 0.6) is 0 Å². The fraction of sp³-hybridized carbons (Fsp3) is 0.600. The molecule has 0 radical (unpaired) electrons. The molecule has 3 N–H and O–H groups in total. The van der Waals surface area contributed by atoms with Gasteiger partial charge in [0.1, 0.15) is 0 Å². The van der Waals surface area contributed by atoms with Crippen LogP contribution in [0.4, 0.5) is 0 Å². The summed E-state index contributed by atoms with van der Waals surface area (Å²) >= 11 is 0. The van der Waals surface area contributed by atoms with Crippen molar-refractivity contribution >= 4 is 0 Å². The Morgan fingerprint density at radius 2 is 2.06 bits per heavy atom. The molecule has 1 aromatic rings. The van der Waals surface area contributed by atoms with E-state index in [2.05, 4.69) is 31.2 Å². The highest BCUT2D eigenvalue weighted by molar-refractivity contribution is 5.38. The fourth-order valence-corrected chi connectivity index (χ4v) is 2.66. The predicted octanol–water partition coefficient (Wildman–Crippen LogP) is 2.55. The summed E-state index contributed by atoms with van der Waals surface area (Å²) in [5.74, 6) is 0.382. The zero-order valence-corrected chi connectivity index (χ0v) is 11.0. The third-order valence-corrected chi connectivity index (χ3v) is 4.28. The predicted molar refractivity (Wildman–Crippen MR) is 71.1 cm³/mol. The van der Waals surface area contributed by atoms with Crippen LogP contribution < -0.4 is 5.73 Å². The lowest BCUT2D eigenvalue weighted by Crippen LogP contribution is -2.36. The van der Waals surface area contributed by atoms with E-state index in [-0.39, 0.29) is 5.41 Å². The van der Waals surface area contributed by atoms with Gasteiger partial charge in [0.05, 0.1) is 5.60 Å². The van der Waals surface area contributed by atoms with Gasteiger partial charge < -0.3 is 10.8 Å². The second-order valence-electron chi connectivity index (χ2n) is 5.90. The molecule has 2 nitrogen and oxygen atoms in total. The van der Waals surface area contributed by atoms with Crippen LogP contribution in [0.2, 0.25) is 0 Å². The Kier molecular flexibility index (Phi) is 3.04. The molecule has 94 valence electrons. The molecule has 2 rings (SSSR count). The van der Waals surface area contributed by atoms with E-state index in [1.807, 2.05) is 13.8 Å². The number of benzene rings is 1. The van der Waals surface area contributed by atoms with Crippen molar-refractivity contribution in [3.8, 4) is 0 Å². The third-order valence-electron chi connectivity index (χ3n) is 4.28. The van der Waals surface area contributed by atoms with Gasteiger partial charge in [-0.25, -0.2) is 0 Å². The first kappa shape index (κ1) is 12.6. The monoisotopic (exact) mass is 233 g/mol. The van der Waals surface area contributed by atoms with Crippen molar-refractivity contribution in [1.29, 1.82) is 0 Å². The highest BCUT2D eigenvalue weighted by Crippen LogP contribution is 2.55. The van der Waals surface area contributed by atoms with E-state index in [1.165, 1.54) is 11.1 Å². The summed E-state index contributed by atoms with van der Waals surface area (Å²) < 4.78 is 0. The minimum atomic E-state index is -0.641. The van der Waals surface area contributed by atoms with Crippen molar-refractivity contribution in [2.24, 2.45) is 5.73 Å². The topological polar surface area (TPSA) is 46.2 Å². The van der Waals surface area contributed by atoms with Gasteiger partial charge in [-0.1, -0.05) is 31.2 Å². The Bertz CT molecular complexity index is 402. The molecule has 1 fully saturated rings. The van der Waals surface area contributed by atoms with Crippen molar-refractivity contribution in [1.82, 2.24) is 0 Å². The third kappa shape index (κ3) is 2.12. The SMILES string of the molecule is CC(CN)c1cccc(C2(C(C)(C)O)CC2)c1. The van der Waals surface area contributed by atoms with Gasteiger partial charge >= 0.3 is 0 Å². The number of aliphatic hydroxyl groups is 1. The van der Waals surface area contributed by atoms with Gasteiger partial charge in [-0.3, -0.25) is 0 Å². The summed E-state index contributed by atoms with van der Waals surface area (Å²) in [6.07, 6.45) is 2.16. The van der Waals surface area contributed by atoms with Crippen LogP contribution in [0.1, 0.15) is 50.7 Å². The molecule has 0 amide bonds. The van der Waals surface area contributed by atoms with Gasteiger partial charge in [0.25, 0.3) is 0 Å². The molecule has 17 heavy (non-hydrogen) atoms. The summed E-state index contributed by atoms with van der Waals surface area (Å²) in [5.41, 5.74) is 7.59. The summed E-state index contributed by atoms with van der Waals surface area (Å²) in [7, 11) is 0. The maximum atomic E-state index is 10.3. The van der Waals surface area contributed by atoms with Crippen LogP contribution in [0.3, 0.4) is 0 Å².